The summed E-state index contributed by atoms with van der Waals surface area (Å²) in [6.45, 7) is 4.41. The Kier molecular flexibility index (Phi) is 6.32. The molecular weight excluding hydrogens is 405 g/mol. The monoisotopic (exact) mass is 428 g/mol. The first kappa shape index (κ1) is 21.7. The summed E-state index contributed by atoms with van der Waals surface area (Å²) in [4.78, 5) is 0. The van der Waals surface area contributed by atoms with Gasteiger partial charge in [0.1, 0.15) is 0 Å². The normalized spacial score (nSPS) is 11.8. The molecule has 0 aliphatic heterocycles. The van der Waals surface area contributed by atoms with Crippen LogP contribution < -0.4 is 0 Å². The van der Waals surface area contributed by atoms with Gasteiger partial charge in [-0.3, -0.25) is 0 Å². The van der Waals surface area contributed by atoms with E-state index in [4.69, 9.17) is 0 Å². The molecule has 4 rings (SSSR count). The van der Waals surface area contributed by atoms with Gasteiger partial charge in [-0.05, 0) is 52.1 Å². The van der Waals surface area contributed by atoms with E-state index in [0.717, 1.165) is 41.3 Å². The number of fused-ring (bicyclic) bond motifs is 1. The third-order valence-electron chi connectivity index (χ3n) is 5.77. The average molecular weight is 428 g/mol. The minimum Gasteiger partial charge on any atom is -0.204 e. The van der Waals surface area contributed by atoms with Gasteiger partial charge in [0, 0.05) is 17.0 Å². The van der Waals surface area contributed by atoms with Crippen LogP contribution in [0.1, 0.15) is 54.0 Å². The van der Waals surface area contributed by atoms with E-state index in [1.807, 2.05) is 24.3 Å². The summed E-state index contributed by atoms with van der Waals surface area (Å²) in [5.41, 5.74) is 4.77. The molecule has 0 heterocycles. The fraction of sp³-hybridized carbons (Fsp3) is 0.172. The number of rotatable bonds is 4. The van der Waals surface area contributed by atoms with Gasteiger partial charge >= 0.3 is 0 Å². The molecule has 0 spiro atoms. The molecule has 0 N–H and O–H groups in total. The molecule has 0 nitrogen and oxygen atoms in total. The quantitative estimate of drug-likeness (QED) is 0.230. The summed E-state index contributed by atoms with van der Waals surface area (Å²) in [7, 11) is 0. The third-order valence-corrected chi connectivity index (χ3v) is 5.77. The molecule has 0 amide bonds. The van der Waals surface area contributed by atoms with Crippen LogP contribution in [-0.4, -0.2) is 0 Å². The van der Waals surface area contributed by atoms with Crippen molar-refractivity contribution in [3.05, 3.63) is 118 Å². The second kappa shape index (κ2) is 9.32. The van der Waals surface area contributed by atoms with Crippen LogP contribution in [0.2, 0.25) is 0 Å². The van der Waals surface area contributed by atoms with Gasteiger partial charge in [-0.15, -0.1) is 0 Å². The molecule has 0 bridgehead atoms. The van der Waals surface area contributed by atoms with E-state index in [9.17, 15) is 13.2 Å². The highest BCUT2D eigenvalue weighted by Gasteiger charge is 2.13. The number of aryl methyl sites for hydroxylation is 1. The third kappa shape index (κ3) is 4.41. The molecular formula is C29H23F3. The van der Waals surface area contributed by atoms with Gasteiger partial charge in [-0.25, -0.2) is 13.2 Å². The summed E-state index contributed by atoms with van der Waals surface area (Å²) >= 11 is 0. The molecule has 0 aromatic heterocycles. The van der Waals surface area contributed by atoms with Gasteiger partial charge in [-0.2, -0.15) is 0 Å². The predicted molar refractivity (Wildman–Crippen MR) is 124 cm³/mol. The van der Waals surface area contributed by atoms with Gasteiger partial charge < -0.3 is 0 Å². The minimum atomic E-state index is -1.48. The summed E-state index contributed by atoms with van der Waals surface area (Å²) in [6.07, 6.45) is 2.16. The summed E-state index contributed by atoms with van der Waals surface area (Å²) in [6, 6.07) is 22.5. The van der Waals surface area contributed by atoms with E-state index in [1.54, 1.807) is 0 Å². The van der Waals surface area contributed by atoms with Gasteiger partial charge in [-0.1, -0.05) is 86.7 Å². The second-order valence-electron chi connectivity index (χ2n) is 7.96. The maximum absolute atomic E-state index is 13.5. The molecule has 0 fully saturated rings. The van der Waals surface area contributed by atoms with Crippen molar-refractivity contribution >= 4 is 10.8 Å². The molecule has 0 saturated heterocycles. The van der Waals surface area contributed by atoms with E-state index in [1.165, 1.54) is 16.7 Å². The molecule has 32 heavy (non-hydrogen) atoms. The van der Waals surface area contributed by atoms with Gasteiger partial charge in [0.2, 0.25) is 0 Å². The van der Waals surface area contributed by atoms with Crippen LogP contribution in [0.4, 0.5) is 13.2 Å². The molecule has 0 aliphatic carbocycles. The lowest BCUT2D eigenvalue weighted by Gasteiger charge is -2.17. The Morgan fingerprint density at radius 2 is 1.56 bits per heavy atom. The van der Waals surface area contributed by atoms with Crippen molar-refractivity contribution < 1.29 is 13.2 Å². The van der Waals surface area contributed by atoms with Crippen LogP contribution in [0.3, 0.4) is 0 Å². The number of halogens is 3. The Labute approximate surface area is 186 Å². The first-order chi connectivity index (χ1) is 15.5. The van der Waals surface area contributed by atoms with Crippen molar-refractivity contribution in [2.24, 2.45) is 0 Å². The molecule has 4 aromatic rings. The van der Waals surface area contributed by atoms with Gasteiger partial charge in [0.05, 0.1) is 0 Å². The lowest BCUT2D eigenvalue weighted by molar-refractivity contribution is 0.446. The molecule has 0 saturated carbocycles. The zero-order valence-corrected chi connectivity index (χ0v) is 18.1. The van der Waals surface area contributed by atoms with Crippen LogP contribution in [0.15, 0.2) is 72.8 Å². The zero-order valence-electron chi connectivity index (χ0n) is 18.1. The Morgan fingerprint density at radius 1 is 0.812 bits per heavy atom. The Balaban J connectivity index is 1.70. The standard InChI is InChI=1S/C29H23F3/c1-3-7-21-8-4-5-11-25(21)19(2)23-14-15-26-22(9-6-10-24(26)18-23)13-12-20-16-27(30)29(32)28(31)17-20/h4-6,8-11,14-19H,3,7H2,1-2H3. The summed E-state index contributed by atoms with van der Waals surface area (Å²) in [5.74, 6) is 2.01. The van der Waals surface area contributed by atoms with E-state index in [-0.39, 0.29) is 11.5 Å². The van der Waals surface area contributed by atoms with Crippen molar-refractivity contribution in [2.75, 3.05) is 0 Å². The van der Waals surface area contributed by atoms with E-state index in [2.05, 4.69) is 62.1 Å². The molecule has 4 aromatic carbocycles. The Morgan fingerprint density at radius 3 is 2.31 bits per heavy atom. The van der Waals surface area contributed by atoms with Crippen molar-refractivity contribution in [2.45, 2.75) is 32.6 Å². The Hall–Kier alpha value is -3.51. The summed E-state index contributed by atoms with van der Waals surface area (Å²) in [5, 5.41) is 2.01. The highest BCUT2D eigenvalue weighted by molar-refractivity contribution is 5.89. The fourth-order valence-electron chi connectivity index (χ4n) is 4.08. The van der Waals surface area contributed by atoms with Crippen molar-refractivity contribution in [3.63, 3.8) is 0 Å². The second-order valence-corrected chi connectivity index (χ2v) is 7.96. The fourth-order valence-corrected chi connectivity index (χ4v) is 4.08. The molecule has 1 unspecified atom stereocenters. The maximum Gasteiger partial charge on any atom is 0.194 e. The minimum absolute atomic E-state index is 0.0937. The first-order valence-corrected chi connectivity index (χ1v) is 10.7. The van der Waals surface area contributed by atoms with Crippen molar-refractivity contribution in [1.29, 1.82) is 0 Å². The Bertz CT molecular complexity index is 1320. The molecule has 0 radical (unpaired) electrons. The van der Waals surface area contributed by atoms with Gasteiger partial charge in [0.15, 0.2) is 17.5 Å². The van der Waals surface area contributed by atoms with E-state index in [0.29, 0.717) is 0 Å². The van der Waals surface area contributed by atoms with Crippen LogP contribution in [0.5, 0.6) is 0 Å². The van der Waals surface area contributed by atoms with Crippen LogP contribution >= 0.6 is 0 Å². The van der Waals surface area contributed by atoms with E-state index < -0.39 is 17.5 Å². The zero-order chi connectivity index (χ0) is 22.7. The van der Waals surface area contributed by atoms with E-state index >= 15 is 0 Å². The van der Waals surface area contributed by atoms with Crippen LogP contribution in [0.25, 0.3) is 10.8 Å². The highest BCUT2D eigenvalue weighted by Crippen LogP contribution is 2.30. The lowest BCUT2D eigenvalue weighted by atomic mass is 9.87. The largest absolute Gasteiger partial charge is 0.204 e. The molecule has 160 valence electrons. The number of hydrogen-bond donors (Lipinski definition) is 0. The topological polar surface area (TPSA) is 0 Å². The molecule has 0 aliphatic rings. The summed E-state index contributed by atoms with van der Waals surface area (Å²) < 4.78 is 40.1. The van der Waals surface area contributed by atoms with Crippen LogP contribution in [-0.2, 0) is 6.42 Å². The number of hydrogen-bond acceptors (Lipinski definition) is 0. The molecule has 3 heteroatoms. The smallest absolute Gasteiger partial charge is 0.194 e. The van der Waals surface area contributed by atoms with Crippen molar-refractivity contribution in [1.82, 2.24) is 0 Å². The lowest BCUT2D eigenvalue weighted by Crippen LogP contribution is -2.01. The first-order valence-electron chi connectivity index (χ1n) is 10.7. The predicted octanol–water partition coefficient (Wildman–Crippen LogP) is 7.76. The average Bonchev–Trinajstić information content (AvgIpc) is 2.80. The van der Waals surface area contributed by atoms with Gasteiger partial charge in [0.25, 0.3) is 0 Å². The van der Waals surface area contributed by atoms with Crippen LogP contribution in [0, 0.1) is 29.3 Å². The highest BCUT2D eigenvalue weighted by atomic mass is 19.2. The van der Waals surface area contributed by atoms with Crippen molar-refractivity contribution in [3.8, 4) is 11.8 Å². The SMILES string of the molecule is CCCc1ccccc1C(C)c1ccc2c(C#Cc3cc(F)c(F)c(F)c3)cccc2c1. The molecule has 1 atom stereocenters. The number of benzene rings is 4. The maximum atomic E-state index is 13.5.